The smallest absolute Gasteiger partial charge is 0.274 e. The molecule has 0 radical (unpaired) electrons. The first-order valence-corrected chi connectivity index (χ1v) is 11.5. The van der Waals surface area contributed by atoms with Gasteiger partial charge in [0.2, 0.25) is 0 Å². The fraction of sp³-hybridized carbons (Fsp3) is 0.818. The fourth-order valence-corrected chi connectivity index (χ4v) is 5.23. The molecule has 1 unspecified atom stereocenters. The number of carbonyl (C=O) groups excluding carboxylic acids is 1. The van der Waals surface area contributed by atoms with E-state index in [2.05, 4.69) is 28.5 Å². The van der Waals surface area contributed by atoms with Crippen LogP contribution < -0.4 is 0 Å². The van der Waals surface area contributed by atoms with Crippen LogP contribution in [0.25, 0.3) is 0 Å². The molecule has 3 heterocycles. The van der Waals surface area contributed by atoms with Gasteiger partial charge in [0, 0.05) is 50.0 Å². The highest BCUT2D eigenvalue weighted by Crippen LogP contribution is 2.29. The second-order valence-electron chi connectivity index (χ2n) is 8.94. The number of fused-ring (bicyclic) bond motifs is 1. The van der Waals surface area contributed by atoms with Crippen LogP contribution in [0.5, 0.6) is 0 Å². The second-order valence-corrected chi connectivity index (χ2v) is 8.94. The van der Waals surface area contributed by atoms with Crippen LogP contribution in [0.15, 0.2) is 0 Å². The van der Waals surface area contributed by atoms with Gasteiger partial charge in [-0.2, -0.15) is 5.10 Å². The van der Waals surface area contributed by atoms with E-state index in [0.717, 1.165) is 70.5 Å². The van der Waals surface area contributed by atoms with Gasteiger partial charge >= 0.3 is 0 Å². The Morgan fingerprint density at radius 3 is 2.64 bits per heavy atom. The molecule has 1 aromatic rings. The topological polar surface area (TPSA) is 44.6 Å². The van der Waals surface area contributed by atoms with Crippen molar-refractivity contribution in [2.24, 2.45) is 0 Å². The number of likely N-dealkylation sites (tertiary alicyclic amines) is 1. The van der Waals surface area contributed by atoms with E-state index in [4.69, 9.17) is 5.10 Å². The minimum atomic E-state index is 0.182. The Kier molecular flexibility index (Phi) is 6.36. The van der Waals surface area contributed by atoms with Crippen molar-refractivity contribution < 1.29 is 4.79 Å². The number of likely N-dealkylation sites (N-methyl/N-ethyl adjacent to an activating group) is 1. The minimum absolute atomic E-state index is 0.182. The molecular formula is C22H37N5O. The fourth-order valence-electron chi connectivity index (χ4n) is 5.23. The summed E-state index contributed by atoms with van der Waals surface area (Å²) in [4.78, 5) is 20.5. The number of rotatable bonds is 4. The van der Waals surface area contributed by atoms with Crippen LogP contribution in [0.4, 0.5) is 0 Å². The SMILES string of the molecule is CCCn1nc(C(=O)N2CCCCC2)c2c1CCC(N1CCCN(C)CC1)C2. The summed E-state index contributed by atoms with van der Waals surface area (Å²) in [6.07, 6.45) is 9.08. The Morgan fingerprint density at radius 1 is 1.04 bits per heavy atom. The number of aryl methyl sites for hydroxylation is 1. The van der Waals surface area contributed by atoms with Gasteiger partial charge < -0.3 is 9.80 Å². The standard InChI is InChI=1S/C22H37N5O/c1-3-10-27-20-9-8-18(25-14-7-11-24(2)15-16-25)17-19(20)21(23-27)22(28)26-12-5-4-6-13-26/h18H,3-17H2,1-2H3. The summed E-state index contributed by atoms with van der Waals surface area (Å²) in [6.45, 7) is 9.60. The molecule has 1 amide bonds. The first-order chi connectivity index (χ1) is 13.7. The minimum Gasteiger partial charge on any atom is -0.337 e. The van der Waals surface area contributed by atoms with Crippen molar-refractivity contribution in [3.05, 3.63) is 17.0 Å². The zero-order valence-corrected chi connectivity index (χ0v) is 17.8. The highest BCUT2D eigenvalue weighted by Gasteiger charge is 2.33. The largest absolute Gasteiger partial charge is 0.337 e. The van der Waals surface area contributed by atoms with Gasteiger partial charge in [0.05, 0.1) is 0 Å². The van der Waals surface area contributed by atoms with Crippen LogP contribution >= 0.6 is 0 Å². The van der Waals surface area contributed by atoms with Gasteiger partial charge in [0.15, 0.2) is 5.69 Å². The summed E-state index contributed by atoms with van der Waals surface area (Å²) in [5, 5.41) is 4.87. The molecule has 28 heavy (non-hydrogen) atoms. The van der Waals surface area contributed by atoms with E-state index in [1.165, 1.54) is 43.6 Å². The van der Waals surface area contributed by atoms with Crippen molar-refractivity contribution in [2.45, 2.75) is 70.9 Å². The van der Waals surface area contributed by atoms with Gasteiger partial charge in [-0.1, -0.05) is 6.92 Å². The van der Waals surface area contributed by atoms with Crippen LogP contribution in [-0.2, 0) is 19.4 Å². The van der Waals surface area contributed by atoms with Crippen molar-refractivity contribution in [3.8, 4) is 0 Å². The summed E-state index contributed by atoms with van der Waals surface area (Å²) in [5.41, 5.74) is 3.37. The average molecular weight is 388 g/mol. The third-order valence-electron chi connectivity index (χ3n) is 6.87. The molecule has 2 aliphatic heterocycles. The Bertz CT molecular complexity index is 679. The molecule has 2 fully saturated rings. The molecule has 1 aliphatic carbocycles. The Labute approximate surface area is 169 Å². The van der Waals surface area contributed by atoms with Crippen molar-refractivity contribution in [1.29, 1.82) is 0 Å². The molecule has 4 rings (SSSR count). The highest BCUT2D eigenvalue weighted by molar-refractivity contribution is 5.94. The average Bonchev–Trinajstić information content (AvgIpc) is 2.93. The summed E-state index contributed by atoms with van der Waals surface area (Å²) < 4.78 is 2.15. The molecule has 1 aromatic heterocycles. The Hall–Kier alpha value is -1.40. The zero-order chi connectivity index (χ0) is 19.5. The third-order valence-corrected chi connectivity index (χ3v) is 6.87. The van der Waals surface area contributed by atoms with E-state index in [1.54, 1.807) is 0 Å². The van der Waals surface area contributed by atoms with E-state index >= 15 is 0 Å². The number of nitrogens with zero attached hydrogens (tertiary/aromatic N) is 5. The van der Waals surface area contributed by atoms with Crippen molar-refractivity contribution >= 4 is 5.91 Å². The summed E-state index contributed by atoms with van der Waals surface area (Å²) in [7, 11) is 2.23. The van der Waals surface area contributed by atoms with E-state index < -0.39 is 0 Å². The monoisotopic (exact) mass is 387 g/mol. The maximum atomic E-state index is 13.3. The molecule has 0 spiro atoms. The lowest BCUT2D eigenvalue weighted by atomic mass is 9.89. The van der Waals surface area contributed by atoms with Gasteiger partial charge in [-0.3, -0.25) is 14.4 Å². The number of carbonyl (C=O) groups is 1. The van der Waals surface area contributed by atoms with E-state index in [9.17, 15) is 4.79 Å². The van der Waals surface area contributed by atoms with Gasteiger partial charge in [-0.15, -0.1) is 0 Å². The first kappa shape index (κ1) is 19.9. The van der Waals surface area contributed by atoms with Crippen LogP contribution in [0, 0.1) is 0 Å². The quantitative estimate of drug-likeness (QED) is 0.796. The van der Waals surface area contributed by atoms with Crippen LogP contribution in [-0.4, -0.2) is 82.7 Å². The number of piperidine rings is 1. The summed E-state index contributed by atoms with van der Waals surface area (Å²) >= 11 is 0. The lowest BCUT2D eigenvalue weighted by Gasteiger charge is -2.34. The normalized spacial score (nSPS) is 24.8. The third kappa shape index (κ3) is 4.13. The van der Waals surface area contributed by atoms with Gasteiger partial charge in [-0.25, -0.2) is 0 Å². The predicted octanol–water partition coefficient (Wildman–Crippen LogP) is 2.41. The number of hydrogen-bond donors (Lipinski definition) is 0. The predicted molar refractivity (Wildman–Crippen MR) is 112 cm³/mol. The molecule has 2 saturated heterocycles. The van der Waals surface area contributed by atoms with Gasteiger partial charge in [0.1, 0.15) is 0 Å². The van der Waals surface area contributed by atoms with Crippen LogP contribution in [0.3, 0.4) is 0 Å². The van der Waals surface area contributed by atoms with Gasteiger partial charge in [-0.05, 0) is 71.5 Å². The molecule has 0 aromatic carbocycles. The van der Waals surface area contributed by atoms with Crippen molar-refractivity contribution in [1.82, 2.24) is 24.5 Å². The molecular weight excluding hydrogens is 350 g/mol. The van der Waals surface area contributed by atoms with E-state index in [0.29, 0.717) is 6.04 Å². The molecule has 0 N–H and O–H groups in total. The summed E-state index contributed by atoms with van der Waals surface area (Å²) in [6, 6.07) is 0.561. The van der Waals surface area contributed by atoms with Crippen molar-refractivity contribution in [2.75, 3.05) is 46.3 Å². The molecule has 0 saturated carbocycles. The molecule has 6 heteroatoms. The number of amides is 1. The Balaban J connectivity index is 1.56. The maximum Gasteiger partial charge on any atom is 0.274 e. The second kappa shape index (κ2) is 8.95. The maximum absolute atomic E-state index is 13.3. The number of hydrogen-bond acceptors (Lipinski definition) is 4. The molecule has 1 atom stereocenters. The van der Waals surface area contributed by atoms with Gasteiger partial charge in [0.25, 0.3) is 5.91 Å². The number of aromatic nitrogens is 2. The Morgan fingerprint density at radius 2 is 1.86 bits per heavy atom. The molecule has 156 valence electrons. The van der Waals surface area contributed by atoms with Crippen LogP contribution in [0.1, 0.15) is 67.2 Å². The zero-order valence-electron chi connectivity index (χ0n) is 17.8. The lowest BCUT2D eigenvalue weighted by Crippen LogP contribution is -2.42. The lowest BCUT2D eigenvalue weighted by molar-refractivity contribution is 0.0715. The first-order valence-electron chi connectivity index (χ1n) is 11.5. The summed E-state index contributed by atoms with van der Waals surface area (Å²) in [5.74, 6) is 0.182. The molecule has 0 bridgehead atoms. The van der Waals surface area contributed by atoms with E-state index in [1.807, 2.05) is 4.90 Å². The highest BCUT2D eigenvalue weighted by atomic mass is 16.2. The van der Waals surface area contributed by atoms with Crippen molar-refractivity contribution in [3.63, 3.8) is 0 Å². The molecule has 6 nitrogen and oxygen atoms in total. The van der Waals surface area contributed by atoms with Crippen LogP contribution in [0.2, 0.25) is 0 Å². The molecule has 3 aliphatic rings. The van der Waals surface area contributed by atoms with E-state index in [-0.39, 0.29) is 5.91 Å².